The molecule has 0 spiro atoms. The highest BCUT2D eigenvalue weighted by Crippen LogP contribution is 2.33. The van der Waals surface area contributed by atoms with Crippen LogP contribution in [0.15, 0.2) is 24.4 Å². The highest BCUT2D eigenvalue weighted by atomic mass is 35.5. The number of aromatic amines is 1. The molecule has 0 unspecified atom stereocenters. The first-order valence-corrected chi connectivity index (χ1v) is 9.07. The van der Waals surface area contributed by atoms with Crippen LogP contribution in [0.2, 0.25) is 5.02 Å². The molecular weight excluding hydrogens is 350 g/mol. The molecular formula is C18H22ClN7. The molecule has 0 atom stereocenters. The fourth-order valence-corrected chi connectivity index (χ4v) is 3.46. The smallest absolute Gasteiger partial charge is 0.202 e. The first kappa shape index (κ1) is 17.1. The number of benzene rings is 1. The number of piperidine rings is 1. The fourth-order valence-electron chi connectivity index (χ4n) is 3.25. The highest BCUT2D eigenvalue weighted by molar-refractivity contribution is 6.33. The van der Waals surface area contributed by atoms with E-state index in [-0.39, 0.29) is 5.54 Å². The van der Waals surface area contributed by atoms with E-state index in [0.717, 1.165) is 48.7 Å². The third kappa shape index (κ3) is 3.08. The first-order valence-electron chi connectivity index (χ1n) is 8.69. The maximum absolute atomic E-state index is 6.38. The number of rotatable bonds is 3. The second kappa shape index (κ2) is 6.41. The predicted molar refractivity (Wildman–Crippen MR) is 106 cm³/mol. The van der Waals surface area contributed by atoms with E-state index in [1.54, 1.807) is 6.20 Å². The molecule has 7 nitrogen and oxygen atoms in total. The van der Waals surface area contributed by atoms with E-state index in [1.165, 1.54) is 0 Å². The van der Waals surface area contributed by atoms with Crippen molar-refractivity contribution in [3.63, 3.8) is 0 Å². The topological polar surface area (TPSA) is 95.8 Å². The van der Waals surface area contributed by atoms with Gasteiger partial charge in [-0.2, -0.15) is 5.10 Å². The molecule has 136 valence electrons. The molecule has 1 aliphatic heterocycles. The summed E-state index contributed by atoms with van der Waals surface area (Å²) in [6, 6.07) is 5.75. The zero-order chi connectivity index (χ0) is 18.3. The van der Waals surface area contributed by atoms with Gasteiger partial charge >= 0.3 is 0 Å². The number of nitrogens with two attached hydrogens (primary N) is 1. The highest BCUT2D eigenvalue weighted by Gasteiger charge is 2.27. The summed E-state index contributed by atoms with van der Waals surface area (Å²) in [5, 5.41) is 11.1. The fraction of sp³-hybridized carbons (Fsp3) is 0.389. The Labute approximate surface area is 157 Å². The van der Waals surface area contributed by atoms with Crippen molar-refractivity contribution in [2.75, 3.05) is 30.4 Å². The van der Waals surface area contributed by atoms with Crippen LogP contribution in [0.4, 0.5) is 11.5 Å². The van der Waals surface area contributed by atoms with Crippen molar-refractivity contribution in [2.24, 2.45) is 5.73 Å². The minimum Gasteiger partial charge on any atom is -0.388 e. The number of anilines is 2. The van der Waals surface area contributed by atoms with Crippen LogP contribution in [0.5, 0.6) is 0 Å². The Kier molecular flexibility index (Phi) is 4.20. The van der Waals surface area contributed by atoms with E-state index >= 15 is 0 Å². The maximum Gasteiger partial charge on any atom is 0.202 e. The predicted octanol–water partition coefficient (Wildman–Crippen LogP) is 3.03. The van der Waals surface area contributed by atoms with Crippen molar-refractivity contribution in [3.8, 4) is 11.3 Å². The van der Waals surface area contributed by atoms with Gasteiger partial charge in [-0.1, -0.05) is 11.6 Å². The van der Waals surface area contributed by atoms with Crippen molar-refractivity contribution in [2.45, 2.75) is 25.3 Å². The van der Waals surface area contributed by atoms with Crippen LogP contribution >= 0.6 is 11.6 Å². The molecule has 8 heteroatoms. The third-order valence-corrected chi connectivity index (χ3v) is 5.34. The van der Waals surface area contributed by atoms with Gasteiger partial charge in [0.2, 0.25) is 5.65 Å². The summed E-state index contributed by atoms with van der Waals surface area (Å²) in [6.07, 6.45) is 3.67. The number of nitrogens with one attached hydrogen (secondary N) is 2. The number of nitrogens with zero attached hydrogens (tertiary/aromatic N) is 4. The molecule has 1 saturated heterocycles. The molecule has 0 bridgehead atoms. The summed E-state index contributed by atoms with van der Waals surface area (Å²) >= 11 is 6.38. The average molecular weight is 372 g/mol. The summed E-state index contributed by atoms with van der Waals surface area (Å²) in [6.45, 7) is 3.85. The summed E-state index contributed by atoms with van der Waals surface area (Å²) in [7, 11) is 1.87. The molecule has 4 N–H and O–H groups in total. The average Bonchev–Trinajstić information content (AvgIpc) is 3.05. The van der Waals surface area contributed by atoms with Gasteiger partial charge in [0.1, 0.15) is 11.3 Å². The Morgan fingerprint density at radius 3 is 2.81 bits per heavy atom. The van der Waals surface area contributed by atoms with E-state index in [2.05, 4.69) is 37.3 Å². The van der Waals surface area contributed by atoms with Crippen LogP contribution in [0.3, 0.4) is 0 Å². The monoisotopic (exact) mass is 371 g/mol. The van der Waals surface area contributed by atoms with E-state index in [1.807, 2.05) is 25.2 Å². The van der Waals surface area contributed by atoms with Gasteiger partial charge in [-0.25, -0.2) is 9.97 Å². The Balaban J connectivity index is 1.68. The molecule has 3 aromatic rings. The summed E-state index contributed by atoms with van der Waals surface area (Å²) < 4.78 is 0. The van der Waals surface area contributed by atoms with Crippen molar-refractivity contribution in [1.82, 2.24) is 20.2 Å². The van der Waals surface area contributed by atoms with Gasteiger partial charge in [-0.3, -0.25) is 5.10 Å². The Morgan fingerprint density at radius 2 is 2.08 bits per heavy atom. The molecule has 2 aromatic heterocycles. The molecule has 0 saturated carbocycles. The summed E-state index contributed by atoms with van der Waals surface area (Å²) in [5.74, 6) is 0.834. The molecule has 1 fully saturated rings. The minimum absolute atomic E-state index is 0.0946. The van der Waals surface area contributed by atoms with Gasteiger partial charge in [0.05, 0.1) is 16.9 Å². The third-order valence-electron chi connectivity index (χ3n) is 5.01. The molecule has 1 aromatic carbocycles. The number of fused-ring (bicyclic) bond motifs is 1. The zero-order valence-corrected chi connectivity index (χ0v) is 15.6. The van der Waals surface area contributed by atoms with E-state index in [9.17, 15) is 0 Å². The second-order valence-corrected chi connectivity index (χ2v) is 7.49. The maximum atomic E-state index is 6.38. The summed E-state index contributed by atoms with van der Waals surface area (Å²) in [4.78, 5) is 11.5. The number of hydrogen-bond acceptors (Lipinski definition) is 6. The van der Waals surface area contributed by atoms with Gasteiger partial charge in [-0.05, 0) is 38.0 Å². The molecule has 3 heterocycles. The largest absolute Gasteiger partial charge is 0.388 e. The number of halogens is 1. The lowest BCUT2D eigenvalue weighted by molar-refractivity contribution is 0.363. The van der Waals surface area contributed by atoms with Gasteiger partial charge in [0.15, 0.2) is 0 Å². The van der Waals surface area contributed by atoms with Crippen LogP contribution in [0.25, 0.3) is 22.4 Å². The van der Waals surface area contributed by atoms with Crippen LogP contribution in [0, 0.1) is 0 Å². The molecule has 26 heavy (non-hydrogen) atoms. The standard InChI is InChI=1S/C18H22ClN7/c1-18(20)5-7-26(8-6-18)14-10-22-16-15(24-25-17(16)23-14)12-9-11(21-2)3-4-13(12)19/h3-4,9-10,21H,5-8,20H2,1-2H3,(H,23,24,25). The van der Waals surface area contributed by atoms with E-state index in [0.29, 0.717) is 16.2 Å². The molecule has 4 rings (SSSR count). The lowest BCUT2D eigenvalue weighted by Crippen LogP contribution is -2.48. The van der Waals surface area contributed by atoms with Gasteiger partial charge in [-0.15, -0.1) is 0 Å². The van der Waals surface area contributed by atoms with E-state index in [4.69, 9.17) is 17.3 Å². The normalized spacial score (nSPS) is 16.8. The van der Waals surface area contributed by atoms with Crippen molar-refractivity contribution in [1.29, 1.82) is 0 Å². The SMILES string of the molecule is CNc1ccc(Cl)c(-c2[nH]nc3nc(N4CCC(C)(N)CC4)cnc23)c1. The van der Waals surface area contributed by atoms with Gasteiger partial charge in [0, 0.05) is 36.9 Å². The summed E-state index contributed by atoms with van der Waals surface area (Å²) in [5.41, 5.74) is 10.0. The minimum atomic E-state index is -0.0946. The van der Waals surface area contributed by atoms with Crippen molar-refractivity contribution in [3.05, 3.63) is 29.4 Å². The number of aromatic nitrogens is 4. The number of hydrogen-bond donors (Lipinski definition) is 3. The van der Waals surface area contributed by atoms with Gasteiger partial charge < -0.3 is 16.0 Å². The van der Waals surface area contributed by atoms with E-state index < -0.39 is 0 Å². The Bertz CT molecular complexity index is 940. The van der Waals surface area contributed by atoms with Crippen LogP contribution in [0.1, 0.15) is 19.8 Å². The van der Waals surface area contributed by atoms with Crippen molar-refractivity contribution < 1.29 is 0 Å². The molecule has 0 radical (unpaired) electrons. The lowest BCUT2D eigenvalue weighted by atomic mass is 9.91. The van der Waals surface area contributed by atoms with Crippen molar-refractivity contribution >= 4 is 34.3 Å². The van der Waals surface area contributed by atoms with Crippen LogP contribution in [-0.2, 0) is 0 Å². The van der Waals surface area contributed by atoms with Crippen LogP contribution < -0.4 is 16.0 Å². The molecule has 1 aliphatic rings. The zero-order valence-electron chi connectivity index (χ0n) is 14.9. The lowest BCUT2D eigenvalue weighted by Gasteiger charge is -2.37. The molecule has 0 aliphatic carbocycles. The van der Waals surface area contributed by atoms with Crippen LogP contribution in [-0.4, -0.2) is 45.8 Å². The Morgan fingerprint density at radius 1 is 1.31 bits per heavy atom. The van der Waals surface area contributed by atoms with Gasteiger partial charge in [0.25, 0.3) is 0 Å². The quantitative estimate of drug-likeness (QED) is 0.655. The first-order chi connectivity index (χ1) is 12.5. The molecule has 0 amide bonds. The second-order valence-electron chi connectivity index (χ2n) is 7.08. The number of H-pyrrole nitrogens is 1. The Hall–Kier alpha value is -2.38.